The molecule has 5 heteroatoms. The molecule has 1 nitrogen and oxygen atoms in total. The maximum absolute atomic E-state index is 4.69. The van der Waals surface area contributed by atoms with Gasteiger partial charge in [0, 0.05) is 28.9 Å². The fraction of sp³-hybridized carbons (Fsp3) is 1.00. The third-order valence-corrected chi connectivity index (χ3v) is 28.9. The van der Waals surface area contributed by atoms with Gasteiger partial charge in [0.15, 0.2) is 0 Å². The topological polar surface area (TPSA) is 12.0 Å². The molecule has 278 valence electrons. The normalized spacial score (nSPS) is 57.4. The molecule has 0 aliphatic heterocycles. The summed E-state index contributed by atoms with van der Waals surface area (Å²) in [4.78, 5) is 0. The van der Waals surface area contributed by atoms with Crippen molar-refractivity contribution in [1.29, 1.82) is 0 Å². The number of hydrogen-bond donors (Lipinski definition) is 1. The van der Waals surface area contributed by atoms with Crippen molar-refractivity contribution in [3.05, 3.63) is 0 Å². The summed E-state index contributed by atoms with van der Waals surface area (Å²) in [6, 6.07) is 0. The maximum atomic E-state index is 4.69. The Morgan fingerprint density at radius 2 is 0.510 bits per heavy atom. The van der Waals surface area contributed by atoms with Gasteiger partial charge in [-0.1, -0.05) is 0 Å². The van der Waals surface area contributed by atoms with Gasteiger partial charge in [0.25, 0.3) is 0 Å². The average Bonchev–Trinajstić information content (AvgIpc) is 3.02. The molecule has 16 aliphatic rings. The van der Waals surface area contributed by atoms with Gasteiger partial charge in [-0.3, -0.25) is 0 Å². The first kappa shape index (κ1) is 34.0. The molecular weight excluding hydrogens is 832 g/mol. The van der Waals surface area contributed by atoms with Gasteiger partial charge < -0.3 is 5.32 Å². The molecule has 0 heterocycles. The number of halogens is 1. The van der Waals surface area contributed by atoms with E-state index in [1.165, 1.54) is 31.0 Å². The van der Waals surface area contributed by atoms with Crippen molar-refractivity contribution in [3.8, 4) is 0 Å². The molecule has 0 amide bonds. The molecule has 49 heavy (non-hydrogen) atoms. The van der Waals surface area contributed by atoms with E-state index in [0.717, 1.165) is 91.6 Å². The summed E-state index contributed by atoms with van der Waals surface area (Å²) in [5.41, 5.74) is 0. The van der Waals surface area contributed by atoms with E-state index in [0.29, 0.717) is 0 Å². The minimum absolute atomic E-state index is 0.360. The fourth-order valence-corrected chi connectivity index (χ4v) is 32.3. The third-order valence-electron chi connectivity index (χ3n) is 19.8. The summed E-state index contributed by atoms with van der Waals surface area (Å²) in [7, 11) is 3.98. The molecule has 0 aromatic carbocycles. The predicted molar refractivity (Wildman–Crippen MR) is 211 cm³/mol. The molecule has 16 aliphatic carbocycles. The second-order valence-corrected chi connectivity index (χ2v) is 30.2. The monoisotopic (exact) mass is 905 g/mol. The van der Waals surface area contributed by atoms with Gasteiger partial charge >= 0.3 is 27.5 Å². The Labute approximate surface area is 318 Å². The van der Waals surface area contributed by atoms with E-state index < -0.39 is 0 Å². The van der Waals surface area contributed by atoms with Crippen LogP contribution in [0.5, 0.6) is 0 Å². The zero-order valence-corrected chi connectivity index (χ0v) is 36.5. The number of nitrogens with one attached hydrogen (secondary N) is 1. The van der Waals surface area contributed by atoms with Crippen LogP contribution in [0.25, 0.3) is 0 Å². The van der Waals surface area contributed by atoms with Crippen molar-refractivity contribution in [3.63, 3.8) is 0 Å². The summed E-state index contributed by atoms with van der Waals surface area (Å²) in [5.74, 6) is 13.8. The molecule has 16 saturated carbocycles. The summed E-state index contributed by atoms with van der Waals surface area (Å²) < 4.78 is 0. The van der Waals surface area contributed by atoms with Crippen LogP contribution in [0.2, 0.25) is 0 Å². The van der Waals surface area contributed by atoms with Crippen molar-refractivity contribution in [1.82, 2.24) is 5.32 Å². The van der Waals surface area contributed by atoms with Gasteiger partial charge in [-0.05, 0) is 225 Å². The van der Waals surface area contributed by atoms with E-state index in [-0.39, 0.29) is 15.8 Å². The van der Waals surface area contributed by atoms with Crippen LogP contribution in [-0.2, 0) is 17.9 Å². The van der Waals surface area contributed by atoms with Crippen LogP contribution in [0.1, 0.15) is 154 Å². The fourth-order valence-electron chi connectivity index (χ4n) is 20.7. The molecular formula is C44H73ClIrNP2+2. The summed E-state index contributed by atoms with van der Waals surface area (Å²) in [6.45, 7) is 2.85. The first-order valence-electron chi connectivity index (χ1n) is 22.5. The van der Waals surface area contributed by atoms with Gasteiger partial charge in [-0.25, -0.2) is 0 Å². The van der Waals surface area contributed by atoms with Gasteiger partial charge in [-0.2, -0.15) is 0 Å². The second kappa shape index (κ2) is 12.6. The SMILES string of the molecule is C(C[PH+](C12CC3CC(CC(C3)C1)C2)C12CC3CC(CC(C3)C1)C2)NCC[PH+](C12CC3CC(CC(C3)C1)C2)C12CC3CC(CC(C3)C1)C2.[Cl][IrH2]. The predicted octanol–water partition coefficient (Wildman–Crippen LogP) is 11.0. The molecule has 16 rings (SSSR count). The van der Waals surface area contributed by atoms with Crippen LogP contribution in [0.4, 0.5) is 0 Å². The molecule has 1 N–H and O–H groups in total. The molecule has 0 unspecified atom stereocenters. The van der Waals surface area contributed by atoms with E-state index in [9.17, 15) is 0 Å². The summed E-state index contributed by atoms with van der Waals surface area (Å²) in [5, 5.41) is 7.87. The van der Waals surface area contributed by atoms with Crippen molar-refractivity contribution in [2.75, 3.05) is 25.4 Å². The zero-order chi connectivity index (χ0) is 32.6. The van der Waals surface area contributed by atoms with Crippen molar-refractivity contribution >= 4 is 25.4 Å². The van der Waals surface area contributed by atoms with Gasteiger partial charge in [0.05, 0.1) is 32.9 Å². The zero-order valence-electron chi connectivity index (χ0n) is 31.0. The quantitative estimate of drug-likeness (QED) is 0.170. The van der Waals surface area contributed by atoms with E-state index in [4.69, 9.17) is 9.58 Å². The molecule has 0 atom stereocenters. The molecule has 0 aromatic heterocycles. The van der Waals surface area contributed by atoms with Gasteiger partial charge in [0.1, 0.15) is 0 Å². The molecule has 0 aromatic rings. The van der Waals surface area contributed by atoms with Crippen LogP contribution >= 0.6 is 25.4 Å². The Morgan fingerprint density at radius 1 is 0.347 bits per heavy atom. The van der Waals surface area contributed by atoms with Crippen LogP contribution in [0, 0.1) is 71.0 Å². The minimum atomic E-state index is -0.360. The number of rotatable bonds is 10. The van der Waals surface area contributed by atoms with Crippen molar-refractivity contribution < 1.29 is 17.9 Å². The van der Waals surface area contributed by atoms with E-state index in [2.05, 4.69) is 5.32 Å². The van der Waals surface area contributed by atoms with E-state index in [1.807, 2.05) is 0 Å². The van der Waals surface area contributed by atoms with Crippen molar-refractivity contribution in [2.45, 2.75) is 175 Å². The van der Waals surface area contributed by atoms with Crippen LogP contribution in [0.15, 0.2) is 0 Å². The Balaban J connectivity index is 0.00000143. The molecule has 0 saturated heterocycles. The summed E-state index contributed by atoms with van der Waals surface area (Å²) >= 11 is 1.19. The average molecular weight is 906 g/mol. The van der Waals surface area contributed by atoms with Gasteiger partial charge in [0.2, 0.25) is 0 Å². The Kier molecular flexibility index (Phi) is 8.78. The molecule has 0 spiro atoms. The number of hydrogen-bond acceptors (Lipinski definition) is 1. The second-order valence-electron chi connectivity index (χ2n) is 23.0. The third kappa shape index (κ3) is 5.65. The molecule has 16 fully saturated rings. The Hall–Kier alpha value is 1.76. The van der Waals surface area contributed by atoms with Gasteiger partial charge in [-0.15, -0.1) is 0 Å². The van der Waals surface area contributed by atoms with Crippen molar-refractivity contribution in [2.24, 2.45) is 71.0 Å². The standard InChI is InChI=1S/C44H69NP2.ClH.Ir.2H/c1(3-46(41-17-29-5-30(18-41)7-31(6-29)19-41)42-20-32-8-33(21-42)10-34(9-32)22-42)45-2-4-47(43-23-35-11-36(24-43)13-37(12-35)25-43)44-26-38-14-39(27-44)16-40(15-38)28-44;;;;/h29-40,45H,1-28H2;1H;;;/q;;+1;;/p+1. The summed E-state index contributed by atoms with van der Waals surface area (Å²) in [6.07, 6.45) is 43.6. The van der Waals surface area contributed by atoms with E-state index >= 15 is 0 Å². The Morgan fingerprint density at radius 3 is 0.673 bits per heavy atom. The van der Waals surface area contributed by atoms with E-state index in [1.54, 1.807) is 166 Å². The van der Waals surface area contributed by atoms with Crippen LogP contribution in [0.3, 0.4) is 0 Å². The van der Waals surface area contributed by atoms with Crippen LogP contribution in [-0.4, -0.2) is 46.0 Å². The van der Waals surface area contributed by atoms with Crippen LogP contribution < -0.4 is 5.32 Å². The first-order valence-corrected chi connectivity index (χ1v) is 29.3. The molecule has 16 bridgehead atoms. The first-order chi connectivity index (χ1) is 23.9. The molecule has 0 radical (unpaired) electrons. The Bertz CT molecular complexity index is 942.